The summed E-state index contributed by atoms with van der Waals surface area (Å²) in [6, 6.07) is 12.6. The first-order valence-electron chi connectivity index (χ1n) is 9.79. The number of nitrogens with one attached hydrogen (secondary N) is 2. The van der Waals surface area contributed by atoms with Crippen LogP contribution in [-0.4, -0.2) is 45.9 Å². The van der Waals surface area contributed by atoms with Crippen LogP contribution in [0.3, 0.4) is 0 Å². The number of hydrogen-bond donors (Lipinski definition) is 2. The first-order chi connectivity index (χ1) is 13.3. The topological polar surface area (TPSA) is 61.0 Å². The van der Waals surface area contributed by atoms with Gasteiger partial charge in [-0.1, -0.05) is 24.3 Å². The Labute approximate surface area is 158 Å². The number of pyridine rings is 1. The summed E-state index contributed by atoms with van der Waals surface area (Å²) in [4.78, 5) is 23.1. The lowest BCUT2D eigenvalue weighted by molar-refractivity contribution is 0.0136. The van der Waals surface area contributed by atoms with Crippen molar-refractivity contribution in [2.24, 2.45) is 5.92 Å². The molecule has 0 radical (unpaired) electrons. The van der Waals surface area contributed by atoms with E-state index >= 15 is 0 Å². The van der Waals surface area contributed by atoms with E-state index in [2.05, 4.69) is 26.3 Å². The zero-order chi connectivity index (χ0) is 18.2. The van der Waals surface area contributed by atoms with E-state index in [1.807, 2.05) is 48.9 Å². The minimum absolute atomic E-state index is 0.0300. The number of piperidine rings is 3. The number of aromatic nitrogens is 2. The van der Waals surface area contributed by atoms with E-state index in [0.29, 0.717) is 12.0 Å². The summed E-state index contributed by atoms with van der Waals surface area (Å²) in [7, 11) is 0. The van der Waals surface area contributed by atoms with Crippen LogP contribution in [-0.2, 0) is 6.42 Å². The lowest BCUT2D eigenvalue weighted by Crippen LogP contribution is -2.64. The van der Waals surface area contributed by atoms with Gasteiger partial charge in [-0.3, -0.25) is 14.7 Å². The van der Waals surface area contributed by atoms with E-state index < -0.39 is 0 Å². The van der Waals surface area contributed by atoms with Crippen LogP contribution in [0.25, 0.3) is 10.9 Å². The van der Waals surface area contributed by atoms with Gasteiger partial charge in [-0.2, -0.15) is 0 Å². The second-order valence-corrected chi connectivity index (χ2v) is 7.75. The third-order valence-electron chi connectivity index (χ3n) is 6.26. The van der Waals surface area contributed by atoms with Crippen molar-refractivity contribution in [1.29, 1.82) is 0 Å². The number of H-pyrrole nitrogens is 1. The molecule has 5 nitrogen and oxygen atoms in total. The number of carbonyl (C=O) groups is 1. The Hall–Kier alpha value is -2.66. The summed E-state index contributed by atoms with van der Waals surface area (Å²) in [6.45, 7) is 2.27. The number of aromatic amines is 1. The molecule has 2 bridgehead atoms. The molecule has 3 aromatic rings. The lowest BCUT2D eigenvalue weighted by atomic mass is 9.76. The molecule has 0 unspecified atom stereocenters. The Bertz CT molecular complexity index is 943. The summed E-state index contributed by atoms with van der Waals surface area (Å²) in [6.07, 6.45) is 8.86. The van der Waals surface area contributed by atoms with Crippen molar-refractivity contribution in [3.05, 3.63) is 66.1 Å². The van der Waals surface area contributed by atoms with Gasteiger partial charge in [-0.25, -0.2) is 0 Å². The van der Waals surface area contributed by atoms with Gasteiger partial charge in [0.05, 0.1) is 5.56 Å². The van der Waals surface area contributed by atoms with Crippen LogP contribution >= 0.6 is 0 Å². The minimum atomic E-state index is 0.0300. The van der Waals surface area contributed by atoms with Gasteiger partial charge in [0.1, 0.15) is 0 Å². The molecular formula is C22H24N4O. The molecule has 1 amide bonds. The summed E-state index contributed by atoms with van der Waals surface area (Å²) in [5.41, 5.74) is 2.98. The van der Waals surface area contributed by atoms with Gasteiger partial charge in [0.2, 0.25) is 0 Å². The normalized spacial score (nSPS) is 27.0. The largest absolute Gasteiger partial charge is 0.360 e. The number of amides is 1. The van der Waals surface area contributed by atoms with E-state index in [-0.39, 0.29) is 11.9 Å². The van der Waals surface area contributed by atoms with E-state index in [0.717, 1.165) is 36.0 Å². The number of rotatable bonds is 4. The molecule has 0 saturated carbocycles. The molecule has 2 atom stereocenters. The molecule has 5 heterocycles. The molecule has 2 aromatic heterocycles. The van der Waals surface area contributed by atoms with Gasteiger partial charge in [-0.15, -0.1) is 0 Å². The van der Waals surface area contributed by atoms with Crippen LogP contribution in [0.5, 0.6) is 0 Å². The van der Waals surface area contributed by atoms with Crippen molar-refractivity contribution in [2.45, 2.75) is 31.3 Å². The Kier molecular flexibility index (Phi) is 4.17. The molecule has 6 rings (SSSR count). The highest BCUT2D eigenvalue weighted by atomic mass is 16.1. The van der Waals surface area contributed by atoms with Crippen molar-refractivity contribution < 1.29 is 4.79 Å². The van der Waals surface area contributed by atoms with E-state index in [1.54, 1.807) is 0 Å². The van der Waals surface area contributed by atoms with Gasteiger partial charge in [-0.05, 0) is 56.0 Å². The third kappa shape index (κ3) is 3.02. The van der Waals surface area contributed by atoms with Crippen molar-refractivity contribution in [1.82, 2.24) is 20.2 Å². The number of fused-ring (bicyclic) bond motifs is 4. The van der Waals surface area contributed by atoms with Gasteiger partial charge in [0.15, 0.2) is 0 Å². The fourth-order valence-corrected chi connectivity index (χ4v) is 4.87. The highest BCUT2D eigenvalue weighted by Gasteiger charge is 2.42. The highest BCUT2D eigenvalue weighted by molar-refractivity contribution is 6.06. The predicted molar refractivity (Wildman–Crippen MR) is 106 cm³/mol. The third-order valence-corrected chi connectivity index (χ3v) is 6.26. The molecular weight excluding hydrogens is 336 g/mol. The second kappa shape index (κ2) is 6.82. The molecule has 1 aromatic carbocycles. The maximum Gasteiger partial charge on any atom is 0.253 e. The number of benzene rings is 1. The maximum atomic E-state index is 13.1. The number of nitrogens with zero attached hydrogens (tertiary/aromatic N) is 2. The monoisotopic (exact) mass is 360 g/mol. The highest BCUT2D eigenvalue weighted by Crippen LogP contribution is 2.34. The molecule has 3 aliphatic rings. The fraction of sp³-hybridized carbons (Fsp3) is 0.364. The molecule has 2 N–H and O–H groups in total. The van der Waals surface area contributed by atoms with Crippen LogP contribution in [0.1, 0.15) is 28.8 Å². The molecule has 3 saturated heterocycles. The zero-order valence-electron chi connectivity index (χ0n) is 15.3. The van der Waals surface area contributed by atoms with Crippen molar-refractivity contribution in [3.63, 3.8) is 0 Å². The predicted octanol–water partition coefficient (Wildman–Crippen LogP) is 3.00. The Morgan fingerprint density at radius 3 is 2.85 bits per heavy atom. The van der Waals surface area contributed by atoms with Gasteiger partial charge in [0, 0.05) is 41.6 Å². The molecule has 5 heteroatoms. The SMILES string of the molecule is O=C(N[C@H]1C2CCN(CC2)[C@H]1Cc1cccnc1)c1c[nH]c2ccccc12. The van der Waals surface area contributed by atoms with Crippen molar-refractivity contribution >= 4 is 16.8 Å². The Balaban J connectivity index is 1.40. The smallest absolute Gasteiger partial charge is 0.253 e. The lowest BCUT2D eigenvalue weighted by Gasteiger charge is -2.51. The zero-order valence-corrected chi connectivity index (χ0v) is 15.3. The first-order valence-corrected chi connectivity index (χ1v) is 9.79. The second-order valence-electron chi connectivity index (χ2n) is 7.75. The minimum Gasteiger partial charge on any atom is -0.360 e. The van der Waals surface area contributed by atoms with E-state index in [9.17, 15) is 4.79 Å². The van der Waals surface area contributed by atoms with Gasteiger partial charge >= 0.3 is 0 Å². The first kappa shape index (κ1) is 16.5. The molecule has 3 aliphatic heterocycles. The number of hydrogen-bond acceptors (Lipinski definition) is 3. The van der Waals surface area contributed by atoms with Gasteiger partial charge in [0.25, 0.3) is 5.91 Å². The number of para-hydroxylation sites is 1. The summed E-state index contributed by atoms with van der Waals surface area (Å²) in [5.74, 6) is 0.591. The van der Waals surface area contributed by atoms with Crippen LogP contribution < -0.4 is 5.32 Å². The molecule has 138 valence electrons. The Morgan fingerprint density at radius 1 is 1.19 bits per heavy atom. The molecule has 3 fully saturated rings. The molecule has 27 heavy (non-hydrogen) atoms. The quantitative estimate of drug-likeness (QED) is 0.752. The summed E-state index contributed by atoms with van der Waals surface area (Å²) < 4.78 is 0. The van der Waals surface area contributed by atoms with Crippen LogP contribution in [0, 0.1) is 5.92 Å². The van der Waals surface area contributed by atoms with Crippen LogP contribution in [0.2, 0.25) is 0 Å². The average molecular weight is 360 g/mol. The maximum absolute atomic E-state index is 13.1. The molecule has 0 aliphatic carbocycles. The summed E-state index contributed by atoms with van der Waals surface area (Å²) >= 11 is 0. The van der Waals surface area contributed by atoms with E-state index in [4.69, 9.17) is 0 Å². The van der Waals surface area contributed by atoms with E-state index in [1.165, 1.54) is 18.4 Å². The van der Waals surface area contributed by atoms with Crippen molar-refractivity contribution in [3.8, 4) is 0 Å². The van der Waals surface area contributed by atoms with Crippen LogP contribution in [0.15, 0.2) is 55.0 Å². The Morgan fingerprint density at radius 2 is 2.04 bits per heavy atom. The van der Waals surface area contributed by atoms with Crippen LogP contribution in [0.4, 0.5) is 0 Å². The number of carbonyl (C=O) groups excluding carboxylic acids is 1. The average Bonchev–Trinajstić information content (AvgIpc) is 3.15. The summed E-state index contributed by atoms with van der Waals surface area (Å²) in [5, 5.41) is 4.38. The van der Waals surface area contributed by atoms with Gasteiger partial charge < -0.3 is 10.3 Å². The molecule has 0 spiro atoms. The van der Waals surface area contributed by atoms with Crippen molar-refractivity contribution in [2.75, 3.05) is 13.1 Å². The fourth-order valence-electron chi connectivity index (χ4n) is 4.87. The standard InChI is InChI=1S/C22H24N4O/c27-22(18-14-24-19-6-2-1-5-17(18)19)25-21-16-7-10-26(11-8-16)20(21)12-15-4-3-9-23-13-15/h1-6,9,13-14,16,20-21,24H,7-8,10-12H2,(H,25,27)/t20-,21-/m0/s1.